The van der Waals surface area contributed by atoms with E-state index in [1.807, 2.05) is 0 Å². The molecule has 0 saturated carbocycles. The summed E-state index contributed by atoms with van der Waals surface area (Å²) < 4.78 is 37.9. The number of allylic oxidation sites excluding steroid dienone is 2. The Balaban J connectivity index is 1.01. The number of benzene rings is 7. The number of ether oxygens (including phenoxy) is 6. The maximum absolute atomic E-state index is 15.3. The summed E-state index contributed by atoms with van der Waals surface area (Å²) in [5, 5.41) is 0. The van der Waals surface area contributed by atoms with Crippen molar-refractivity contribution in [2.24, 2.45) is 0 Å². The Kier molecular flexibility index (Phi) is 13.5. The van der Waals surface area contributed by atoms with E-state index in [0.717, 1.165) is 22.7 Å². The number of Topliss-reactive ketones (excluding diaryl/α,β-unsaturated/α-hetero) is 4. The fraction of sp³-hybridized carbons (Fsp3) is 0.0882. The topological polar surface area (TPSA) is 192 Å². The lowest BCUT2D eigenvalue weighted by molar-refractivity contribution is -0.185. The van der Waals surface area contributed by atoms with Crippen LogP contribution in [0.3, 0.4) is 0 Å². The summed E-state index contributed by atoms with van der Waals surface area (Å²) in [6.07, 6.45) is 2.78. The summed E-state index contributed by atoms with van der Waals surface area (Å²) in [5.41, 5.74) is -2.40. The molecule has 9 aromatic rings. The molecule has 0 atom stereocenters. The summed E-state index contributed by atoms with van der Waals surface area (Å²) in [6, 6.07) is 53.9. The van der Waals surface area contributed by atoms with Crippen LogP contribution < -0.4 is 9.47 Å². The summed E-state index contributed by atoms with van der Waals surface area (Å²) >= 11 is 2.01. The first kappa shape index (κ1) is 52.9. The molecule has 13 rings (SSSR count). The lowest BCUT2D eigenvalue weighted by Gasteiger charge is -2.37. The van der Waals surface area contributed by atoms with Gasteiger partial charge < -0.3 is 28.4 Å². The molecule has 0 spiro atoms. The quantitative estimate of drug-likeness (QED) is 0.0328. The third-order valence-corrected chi connectivity index (χ3v) is 17.0. The van der Waals surface area contributed by atoms with Gasteiger partial charge in [-0.25, -0.2) is 19.2 Å². The van der Waals surface area contributed by atoms with Crippen LogP contribution >= 0.6 is 22.7 Å². The summed E-state index contributed by atoms with van der Waals surface area (Å²) in [6.45, 7) is -1.19. The number of ketones is 4. The molecule has 410 valence electrons. The Morgan fingerprint density at radius 1 is 0.357 bits per heavy atom. The Bertz CT molecular complexity index is 3850. The predicted octanol–water partition coefficient (Wildman–Crippen LogP) is 12.2. The van der Waals surface area contributed by atoms with E-state index in [2.05, 4.69) is 0 Å². The van der Waals surface area contributed by atoms with Crippen LogP contribution in [-0.4, -0.2) is 47.0 Å². The van der Waals surface area contributed by atoms with Gasteiger partial charge in [0, 0.05) is 64.0 Å². The van der Waals surface area contributed by atoms with Crippen molar-refractivity contribution < 1.29 is 66.8 Å². The van der Waals surface area contributed by atoms with Gasteiger partial charge in [-0.3, -0.25) is 19.2 Å². The van der Waals surface area contributed by atoms with E-state index in [1.165, 1.54) is 36.4 Å². The number of carbonyl (C=O) groups excluding carboxylic acids is 8. The van der Waals surface area contributed by atoms with Crippen molar-refractivity contribution in [1.82, 2.24) is 0 Å². The van der Waals surface area contributed by atoms with Crippen molar-refractivity contribution in [2.45, 2.75) is 37.6 Å². The third kappa shape index (κ3) is 9.13. The van der Waals surface area contributed by atoms with Crippen molar-refractivity contribution in [3.05, 3.63) is 271 Å². The van der Waals surface area contributed by atoms with Crippen molar-refractivity contribution >= 4 is 81.8 Å². The molecule has 0 amide bonds. The molecule has 0 unspecified atom stereocenters. The van der Waals surface area contributed by atoms with Crippen LogP contribution in [0.1, 0.15) is 84.6 Å². The zero-order valence-corrected chi connectivity index (χ0v) is 45.6. The highest BCUT2D eigenvalue weighted by Crippen LogP contribution is 2.58. The van der Waals surface area contributed by atoms with Crippen LogP contribution in [0.25, 0.3) is 33.0 Å². The van der Waals surface area contributed by atoms with Gasteiger partial charge >= 0.3 is 35.1 Å². The van der Waals surface area contributed by atoms with Crippen molar-refractivity contribution in [3.63, 3.8) is 0 Å². The Morgan fingerprint density at radius 2 is 0.619 bits per heavy atom. The number of thiophene rings is 2. The number of fused-ring (bicyclic) bond motifs is 8. The van der Waals surface area contributed by atoms with E-state index in [1.54, 1.807) is 170 Å². The minimum Gasteiger partial charge on any atom is -0.459 e. The fourth-order valence-corrected chi connectivity index (χ4v) is 12.9. The van der Waals surface area contributed by atoms with Gasteiger partial charge in [0.2, 0.25) is 0 Å². The smallest absolute Gasteiger partial charge is 0.367 e. The number of esters is 4. The summed E-state index contributed by atoms with van der Waals surface area (Å²) in [7, 11) is 0. The maximum Gasteiger partial charge on any atom is 0.367 e. The van der Waals surface area contributed by atoms with Gasteiger partial charge in [-0.15, -0.1) is 22.7 Å². The SMILES string of the molecule is O=C1C(=Cc2cc3c(s2)-c2cc4c(cc2OC3(C(=O)OCc2ccccc2)C(=O)OCc2ccccc2)-c2sc(C=C3C(=O)c5ccccc5C3=O)cc2C(C(=O)OCc2ccccc2)(C(=O)OCc2ccccc2)O4)C(=O)c2ccccc21. The molecule has 2 aliphatic carbocycles. The number of hydrogen-bond acceptors (Lipinski definition) is 16. The van der Waals surface area contributed by atoms with Gasteiger partial charge in [0.25, 0.3) is 0 Å². The van der Waals surface area contributed by atoms with Crippen LogP contribution in [0, 0.1) is 0 Å². The first-order valence-corrected chi connectivity index (χ1v) is 28.0. The first-order chi connectivity index (χ1) is 40.9. The zero-order chi connectivity index (χ0) is 57.7. The largest absolute Gasteiger partial charge is 0.459 e. The standard InChI is InChI=1S/C68H42O14S2/c69-57-45-25-13-14-26-46(45)58(70)51(57)29-43-31-53-61(83-43)49-34-56-50(33-55(49)81-67(53,63(73)77-35-39-17-5-1-6-18-39)64(74)78-36-40-19-7-2-8-20-40)62-54(32-44(84-62)30-52-59(71)47-27-15-16-28-48(47)60(52)72)68(82-56,65(75)79-37-41-21-9-3-10-22-41)66(76)80-38-42-23-11-4-12-24-42/h1-34H,35-38H2. The zero-order valence-electron chi connectivity index (χ0n) is 44.0. The Morgan fingerprint density at radius 3 is 0.893 bits per heavy atom. The molecule has 0 saturated heterocycles. The average Bonchev–Trinajstić information content (AvgIpc) is 1.48. The second kappa shape index (κ2) is 21.5. The minimum absolute atomic E-state index is 0.0810. The average molecular weight is 1150 g/mol. The molecule has 14 nitrogen and oxygen atoms in total. The van der Waals surface area contributed by atoms with Crippen LogP contribution in [0.15, 0.2) is 205 Å². The maximum atomic E-state index is 15.3. The van der Waals surface area contributed by atoms with Gasteiger partial charge in [-0.1, -0.05) is 170 Å². The van der Waals surface area contributed by atoms with E-state index >= 15 is 19.2 Å². The predicted molar refractivity (Wildman–Crippen MR) is 309 cm³/mol. The van der Waals surface area contributed by atoms with Crippen LogP contribution in [0.2, 0.25) is 0 Å². The summed E-state index contributed by atoms with van der Waals surface area (Å²) in [4.78, 5) is 118. The minimum atomic E-state index is -2.73. The Hall–Kier alpha value is -10.4. The van der Waals surface area contributed by atoms with Gasteiger partial charge in [-0.2, -0.15) is 0 Å². The molecule has 0 N–H and O–H groups in total. The van der Waals surface area contributed by atoms with E-state index in [0.29, 0.717) is 22.3 Å². The second-order valence-electron chi connectivity index (χ2n) is 20.0. The second-order valence-corrected chi connectivity index (χ2v) is 22.1. The summed E-state index contributed by atoms with van der Waals surface area (Å²) in [5.74, 6) is -6.97. The highest BCUT2D eigenvalue weighted by molar-refractivity contribution is 7.17. The van der Waals surface area contributed by atoms with Gasteiger partial charge in [-0.05, 0) is 58.7 Å². The highest BCUT2D eigenvalue weighted by Gasteiger charge is 2.61. The lowest BCUT2D eigenvalue weighted by Crippen LogP contribution is -2.52. The molecule has 0 bridgehead atoms. The van der Waals surface area contributed by atoms with E-state index < -0.39 is 58.2 Å². The molecule has 2 aliphatic heterocycles. The molecule has 84 heavy (non-hydrogen) atoms. The Labute approximate surface area is 486 Å². The molecular formula is C68H42O14S2. The third-order valence-electron chi connectivity index (χ3n) is 14.7. The van der Waals surface area contributed by atoms with Gasteiger partial charge in [0.1, 0.15) is 37.9 Å². The van der Waals surface area contributed by atoms with E-state index in [4.69, 9.17) is 28.4 Å². The fourth-order valence-electron chi connectivity index (χ4n) is 10.6. The lowest BCUT2D eigenvalue weighted by atomic mass is 9.85. The molecule has 16 heteroatoms. The van der Waals surface area contributed by atoms with Crippen LogP contribution in [0.4, 0.5) is 0 Å². The van der Waals surface area contributed by atoms with Gasteiger partial charge in [0.15, 0.2) is 23.1 Å². The highest BCUT2D eigenvalue weighted by atomic mass is 32.1. The van der Waals surface area contributed by atoms with E-state index in [-0.39, 0.29) is 113 Å². The molecule has 4 heterocycles. The number of hydrogen-bond donors (Lipinski definition) is 0. The molecule has 2 aromatic heterocycles. The van der Waals surface area contributed by atoms with Crippen molar-refractivity contribution in [3.8, 4) is 32.4 Å². The van der Waals surface area contributed by atoms with E-state index in [9.17, 15) is 19.2 Å². The molecule has 0 radical (unpaired) electrons. The normalized spacial score (nSPS) is 14.5. The molecule has 4 aliphatic rings. The number of carbonyl (C=O) groups is 8. The molecular weight excluding hydrogens is 1100 g/mol. The van der Waals surface area contributed by atoms with Gasteiger partial charge in [0.05, 0.1) is 11.1 Å². The molecule has 7 aromatic carbocycles. The van der Waals surface area contributed by atoms with Crippen molar-refractivity contribution in [1.29, 1.82) is 0 Å². The number of rotatable bonds is 14. The first-order valence-electron chi connectivity index (χ1n) is 26.4. The van der Waals surface area contributed by atoms with Crippen LogP contribution in [0.5, 0.6) is 11.5 Å². The van der Waals surface area contributed by atoms with Crippen LogP contribution in [-0.2, 0) is 75.8 Å². The van der Waals surface area contributed by atoms with Crippen molar-refractivity contribution in [2.75, 3.05) is 0 Å². The monoisotopic (exact) mass is 1150 g/mol. The molecule has 0 fully saturated rings.